The first-order valence-corrected chi connectivity index (χ1v) is 12.8. The predicted molar refractivity (Wildman–Crippen MR) is 151 cm³/mol. The second kappa shape index (κ2) is 12.6. The number of aryl methyl sites for hydroxylation is 1. The van der Waals surface area contributed by atoms with Gasteiger partial charge in [-0.2, -0.15) is 18.2 Å². The van der Waals surface area contributed by atoms with Crippen molar-refractivity contribution in [3.63, 3.8) is 0 Å². The van der Waals surface area contributed by atoms with E-state index in [9.17, 15) is 22.8 Å². The quantitative estimate of drug-likeness (QED) is 0.325. The first-order chi connectivity index (χ1) is 19.6. The minimum absolute atomic E-state index is 0.0306. The molecule has 41 heavy (non-hydrogen) atoms. The Balaban J connectivity index is 1.47. The average Bonchev–Trinajstić information content (AvgIpc) is 3.20. The number of halogens is 3. The van der Waals surface area contributed by atoms with Crippen molar-refractivity contribution >= 4 is 46.3 Å². The highest BCUT2D eigenvalue weighted by molar-refractivity contribution is 5.99. The number of rotatable bonds is 8. The third-order valence-electron chi connectivity index (χ3n) is 6.37. The molecule has 10 nitrogen and oxygen atoms in total. The van der Waals surface area contributed by atoms with Crippen molar-refractivity contribution in [2.24, 2.45) is 0 Å². The maximum Gasteiger partial charge on any atom is 0.471 e. The van der Waals surface area contributed by atoms with Gasteiger partial charge in [-0.1, -0.05) is 12.6 Å². The van der Waals surface area contributed by atoms with Crippen molar-refractivity contribution in [1.29, 1.82) is 0 Å². The Kier molecular flexibility index (Phi) is 8.95. The predicted octanol–water partition coefficient (Wildman–Crippen LogP) is 5.01. The molecular formula is C28H30F3N7O3. The van der Waals surface area contributed by atoms with Gasteiger partial charge in [0.1, 0.15) is 11.6 Å². The standard InChI is InChI=1S/C28H30F3N7O3/c1-4-24(39)33-19-7-5-8-20(15-19)34-25-18(2)17-32-27(36-25)35-22-10-9-21(16-23(22)41-3)37-11-6-12-38(14-13-37)26(40)28(29,30)31/h4-5,7-10,15-17H,1,6,11-14H2,2-3H3,(H,33,39)(H2,32,34,35,36). The largest absolute Gasteiger partial charge is 0.494 e. The van der Waals surface area contributed by atoms with E-state index < -0.39 is 12.1 Å². The molecule has 0 atom stereocenters. The minimum Gasteiger partial charge on any atom is -0.494 e. The van der Waals surface area contributed by atoms with E-state index in [1.165, 1.54) is 13.2 Å². The second-order valence-corrected chi connectivity index (χ2v) is 9.26. The number of alkyl halides is 3. The normalized spacial score (nSPS) is 13.7. The van der Waals surface area contributed by atoms with Crippen LogP contribution in [0, 0.1) is 6.92 Å². The van der Waals surface area contributed by atoms with Gasteiger partial charge in [-0.25, -0.2) is 4.98 Å². The summed E-state index contributed by atoms with van der Waals surface area (Å²) in [5.41, 5.74) is 3.43. The van der Waals surface area contributed by atoms with E-state index in [1.807, 2.05) is 24.0 Å². The molecule has 1 saturated heterocycles. The van der Waals surface area contributed by atoms with Crippen LogP contribution in [0.5, 0.6) is 5.75 Å². The summed E-state index contributed by atoms with van der Waals surface area (Å²) < 4.78 is 44.2. The number of ether oxygens (including phenoxy) is 1. The highest BCUT2D eigenvalue weighted by Gasteiger charge is 2.42. The lowest BCUT2D eigenvalue weighted by Crippen LogP contribution is -2.43. The summed E-state index contributed by atoms with van der Waals surface area (Å²) in [5, 5.41) is 9.10. The first kappa shape index (κ1) is 29.2. The lowest BCUT2D eigenvalue weighted by atomic mass is 10.2. The Morgan fingerprint density at radius 1 is 1.05 bits per heavy atom. The van der Waals surface area contributed by atoms with Crippen LogP contribution in [0.3, 0.4) is 0 Å². The summed E-state index contributed by atoms with van der Waals surface area (Å²) in [5.74, 6) is -0.791. The van der Waals surface area contributed by atoms with Crippen LogP contribution in [0.25, 0.3) is 0 Å². The van der Waals surface area contributed by atoms with Gasteiger partial charge in [0.2, 0.25) is 11.9 Å². The third kappa shape index (κ3) is 7.44. The molecule has 1 aliphatic heterocycles. The summed E-state index contributed by atoms with van der Waals surface area (Å²) in [6, 6.07) is 12.5. The van der Waals surface area contributed by atoms with E-state index in [1.54, 1.807) is 36.5 Å². The summed E-state index contributed by atoms with van der Waals surface area (Å²) in [6.45, 7) is 6.07. The van der Waals surface area contributed by atoms with Gasteiger partial charge >= 0.3 is 12.1 Å². The van der Waals surface area contributed by atoms with Crippen LogP contribution in [0.2, 0.25) is 0 Å². The number of nitrogens with zero attached hydrogens (tertiary/aromatic N) is 4. The summed E-state index contributed by atoms with van der Waals surface area (Å²) in [4.78, 5) is 35.0. The molecular weight excluding hydrogens is 539 g/mol. The Morgan fingerprint density at radius 2 is 1.83 bits per heavy atom. The maximum absolute atomic E-state index is 12.9. The number of methoxy groups -OCH3 is 1. The van der Waals surface area contributed by atoms with E-state index in [0.29, 0.717) is 47.5 Å². The summed E-state index contributed by atoms with van der Waals surface area (Å²) in [7, 11) is 1.51. The van der Waals surface area contributed by atoms with Crippen LogP contribution < -0.4 is 25.6 Å². The number of hydrogen-bond donors (Lipinski definition) is 3. The van der Waals surface area contributed by atoms with E-state index in [4.69, 9.17) is 4.74 Å². The molecule has 3 aromatic rings. The zero-order valence-corrected chi connectivity index (χ0v) is 22.6. The molecule has 1 aromatic heterocycles. The van der Waals surface area contributed by atoms with E-state index in [2.05, 4.69) is 32.5 Å². The molecule has 0 radical (unpaired) electrons. The fraction of sp³-hybridized carbons (Fsp3) is 0.286. The second-order valence-electron chi connectivity index (χ2n) is 9.26. The SMILES string of the molecule is C=CC(=O)Nc1cccc(Nc2nc(Nc3ccc(N4CCCN(C(=O)C(F)(F)F)CC4)cc3OC)ncc2C)c1. The van der Waals surface area contributed by atoms with Crippen LogP contribution in [-0.4, -0.2) is 66.1 Å². The number of anilines is 6. The van der Waals surface area contributed by atoms with Crippen molar-refractivity contribution < 1.29 is 27.5 Å². The molecule has 1 fully saturated rings. The maximum atomic E-state index is 12.9. The van der Waals surface area contributed by atoms with Gasteiger partial charge in [-0.3, -0.25) is 9.59 Å². The number of nitrogens with one attached hydrogen (secondary N) is 3. The average molecular weight is 570 g/mol. The number of amides is 2. The van der Waals surface area contributed by atoms with Gasteiger partial charge in [-0.05, 0) is 49.8 Å². The molecule has 13 heteroatoms. The Bertz CT molecular complexity index is 1430. The molecule has 3 N–H and O–H groups in total. The van der Waals surface area contributed by atoms with Gasteiger partial charge in [0.25, 0.3) is 0 Å². The van der Waals surface area contributed by atoms with Crippen LogP contribution >= 0.6 is 0 Å². The van der Waals surface area contributed by atoms with Gasteiger partial charge in [0, 0.05) is 61.1 Å². The van der Waals surface area contributed by atoms with E-state index in [-0.39, 0.29) is 25.5 Å². The van der Waals surface area contributed by atoms with E-state index >= 15 is 0 Å². The molecule has 4 rings (SSSR count). The lowest BCUT2D eigenvalue weighted by molar-refractivity contribution is -0.185. The Labute approximate surface area is 235 Å². The third-order valence-corrected chi connectivity index (χ3v) is 6.37. The number of benzene rings is 2. The summed E-state index contributed by atoms with van der Waals surface area (Å²) in [6.07, 6.45) is -1.63. The number of hydrogen-bond acceptors (Lipinski definition) is 8. The smallest absolute Gasteiger partial charge is 0.471 e. The number of aromatic nitrogens is 2. The lowest BCUT2D eigenvalue weighted by Gasteiger charge is -2.25. The van der Waals surface area contributed by atoms with Gasteiger partial charge in [-0.15, -0.1) is 0 Å². The Hall–Kier alpha value is -4.81. The van der Waals surface area contributed by atoms with Crippen molar-refractivity contribution in [2.75, 3.05) is 54.1 Å². The molecule has 0 bridgehead atoms. The molecule has 0 aliphatic carbocycles. The number of carbonyl (C=O) groups is 2. The van der Waals surface area contributed by atoms with Crippen LogP contribution in [0.4, 0.5) is 47.7 Å². The zero-order valence-electron chi connectivity index (χ0n) is 22.6. The molecule has 0 saturated carbocycles. The van der Waals surface area contributed by atoms with Crippen molar-refractivity contribution in [2.45, 2.75) is 19.5 Å². The van der Waals surface area contributed by atoms with Crippen molar-refractivity contribution in [3.05, 3.63) is 66.9 Å². The van der Waals surface area contributed by atoms with Crippen LogP contribution in [0.1, 0.15) is 12.0 Å². The first-order valence-electron chi connectivity index (χ1n) is 12.8. The molecule has 0 unspecified atom stereocenters. The highest BCUT2D eigenvalue weighted by atomic mass is 19.4. The monoisotopic (exact) mass is 569 g/mol. The Morgan fingerprint density at radius 3 is 2.56 bits per heavy atom. The van der Waals surface area contributed by atoms with Crippen molar-refractivity contribution in [3.8, 4) is 5.75 Å². The minimum atomic E-state index is -4.88. The molecule has 1 aliphatic rings. The molecule has 2 amide bonds. The summed E-state index contributed by atoms with van der Waals surface area (Å²) >= 11 is 0. The van der Waals surface area contributed by atoms with Crippen LogP contribution in [0.15, 0.2) is 61.3 Å². The highest BCUT2D eigenvalue weighted by Crippen LogP contribution is 2.33. The fourth-order valence-corrected chi connectivity index (χ4v) is 4.29. The van der Waals surface area contributed by atoms with Gasteiger partial charge < -0.3 is 30.5 Å². The van der Waals surface area contributed by atoms with Gasteiger partial charge in [0.15, 0.2) is 0 Å². The van der Waals surface area contributed by atoms with Gasteiger partial charge in [0.05, 0.1) is 12.8 Å². The molecule has 2 heterocycles. The zero-order chi connectivity index (χ0) is 29.6. The number of carbonyl (C=O) groups excluding carboxylic acids is 2. The van der Waals surface area contributed by atoms with E-state index in [0.717, 1.165) is 16.2 Å². The molecule has 216 valence electrons. The topological polar surface area (TPSA) is 112 Å². The fourth-order valence-electron chi connectivity index (χ4n) is 4.29. The molecule has 2 aromatic carbocycles. The molecule has 0 spiro atoms. The van der Waals surface area contributed by atoms with Crippen molar-refractivity contribution in [1.82, 2.24) is 14.9 Å². The van der Waals surface area contributed by atoms with Crippen LogP contribution in [-0.2, 0) is 9.59 Å².